The van der Waals surface area contributed by atoms with Gasteiger partial charge in [0, 0.05) is 30.0 Å². The van der Waals surface area contributed by atoms with E-state index in [1.165, 1.54) is 25.6 Å². The van der Waals surface area contributed by atoms with E-state index in [1.54, 1.807) is 6.92 Å². The maximum absolute atomic E-state index is 11.8. The largest absolute Gasteiger partial charge is 0.383 e. The summed E-state index contributed by atoms with van der Waals surface area (Å²) in [6, 6.07) is 1.21. The minimum atomic E-state index is -3.53. The first-order chi connectivity index (χ1) is 7.45. The van der Waals surface area contributed by atoms with Crippen molar-refractivity contribution < 1.29 is 13.2 Å². The molecule has 1 rings (SSSR count). The lowest BCUT2D eigenvalue weighted by Gasteiger charge is -2.12. The molecule has 1 heterocycles. The van der Waals surface area contributed by atoms with E-state index in [4.69, 9.17) is 4.74 Å². The molecule has 1 N–H and O–H groups in total. The van der Waals surface area contributed by atoms with Crippen LogP contribution >= 0.6 is 15.9 Å². The van der Waals surface area contributed by atoms with Crippen LogP contribution in [0, 0.1) is 0 Å². The zero-order valence-electron chi connectivity index (χ0n) is 8.97. The summed E-state index contributed by atoms with van der Waals surface area (Å²) in [5.74, 6) is 0. The van der Waals surface area contributed by atoms with Crippen LogP contribution in [0.1, 0.15) is 6.92 Å². The van der Waals surface area contributed by atoms with Crippen LogP contribution in [0.25, 0.3) is 0 Å². The number of hydrogen-bond acceptors (Lipinski definition) is 4. The smallest absolute Gasteiger partial charge is 0.242 e. The van der Waals surface area contributed by atoms with E-state index in [1.807, 2.05) is 0 Å². The Hall–Kier alpha value is -0.500. The zero-order valence-corrected chi connectivity index (χ0v) is 11.4. The van der Waals surface area contributed by atoms with Gasteiger partial charge in [-0.05, 0) is 28.9 Å². The molecule has 90 valence electrons. The summed E-state index contributed by atoms with van der Waals surface area (Å²) in [4.78, 5) is 3.94. The molecule has 0 saturated heterocycles. The molecule has 1 unspecified atom stereocenters. The molecule has 0 spiro atoms. The fourth-order valence-electron chi connectivity index (χ4n) is 1.16. The van der Waals surface area contributed by atoms with Gasteiger partial charge in [0.25, 0.3) is 0 Å². The Balaban J connectivity index is 2.86. The van der Waals surface area contributed by atoms with Crippen molar-refractivity contribution in [1.29, 1.82) is 0 Å². The van der Waals surface area contributed by atoms with Gasteiger partial charge in [0.2, 0.25) is 10.0 Å². The van der Waals surface area contributed by atoms with Crippen molar-refractivity contribution in [2.24, 2.45) is 0 Å². The molecule has 1 aromatic rings. The Morgan fingerprint density at radius 3 is 2.81 bits per heavy atom. The quantitative estimate of drug-likeness (QED) is 0.886. The van der Waals surface area contributed by atoms with E-state index in [-0.39, 0.29) is 10.9 Å². The number of nitrogens with zero attached hydrogens (tertiary/aromatic N) is 1. The molecule has 0 aliphatic heterocycles. The summed E-state index contributed by atoms with van der Waals surface area (Å²) in [5, 5.41) is 0. The third kappa shape index (κ3) is 3.82. The first-order valence-electron chi connectivity index (χ1n) is 4.57. The molecule has 7 heteroatoms. The van der Waals surface area contributed by atoms with Crippen LogP contribution in [-0.2, 0) is 14.8 Å². The topological polar surface area (TPSA) is 68.3 Å². The summed E-state index contributed by atoms with van der Waals surface area (Å²) < 4.78 is 31.6. The summed E-state index contributed by atoms with van der Waals surface area (Å²) in [6.07, 6.45) is 2.82. The van der Waals surface area contributed by atoms with Gasteiger partial charge < -0.3 is 4.74 Å². The van der Waals surface area contributed by atoms with Gasteiger partial charge in [-0.2, -0.15) is 0 Å². The second kappa shape index (κ2) is 5.72. The number of halogens is 1. The van der Waals surface area contributed by atoms with Gasteiger partial charge in [-0.25, -0.2) is 13.1 Å². The monoisotopic (exact) mass is 308 g/mol. The first-order valence-corrected chi connectivity index (χ1v) is 6.85. The molecule has 0 bridgehead atoms. The van der Waals surface area contributed by atoms with Crippen molar-refractivity contribution in [3.8, 4) is 0 Å². The number of sulfonamides is 1. The number of methoxy groups -OCH3 is 1. The normalized spacial score (nSPS) is 13.7. The van der Waals surface area contributed by atoms with Crippen molar-refractivity contribution in [2.45, 2.75) is 17.9 Å². The van der Waals surface area contributed by atoms with Crippen LogP contribution in [0.4, 0.5) is 0 Å². The summed E-state index contributed by atoms with van der Waals surface area (Å²) >= 11 is 3.17. The summed E-state index contributed by atoms with van der Waals surface area (Å²) in [5.41, 5.74) is 0. The van der Waals surface area contributed by atoms with E-state index in [0.29, 0.717) is 11.1 Å². The van der Waals surface area contributed by atoms with Crippen molar-refractivity contribution in [3.63, 3.8) is 0 Å². The zero-order chi connectivity index (χ0) is 12.2. The third-order valence-electron chi connectivity index (χ3n) is 1.76. The van der Waals surface area contributed by atoms with E-state index in [9.17, 15) is 8.42 Å². The second-order valence-corrected chi connectivity index (χ2v) is 5.95. The fraction of sp³-hybridized carbons (Fsp3) is 0.444. The minimum Gasteiger partial charge on any atom is -0.383 e. The molecule has 0 saturated carbocycles. The lowest BCUT2D eigenvalue weighted by Crippen LogP contribution is -2.35. The molecule has 5 nitrogen and oxygen atoms in total. The predicted molar refractivity (Wildman–Crippen MR) is 63.6 cm³/mol. The summed E-state index contributed by atoms with van der Waals surface area (Å²) in [6.45, 7) is 2.05. The number of aromatic nitrogens is 1. The SMILES string of the molecule is COCC(C)NS(=O)(=O)c1cncc(Br)c1. The van der Waals surface area contributed by atoms with Crippen LogP contribution in [-0.4, -0.2) is 33.2 Å². The highest BCUT2D eigenvalue weighted by molar-refractivity contribution is 9.10. The first kappa shape index (κ1) is 13.6. The average molecular weight is 309 g/mol. The van der Waals surface area contributed by atoms with Gasteiger partial charge in [0.05, 0.1) is 6.61 Å². The van der Waals surface area contributed by atoms with Crippen molar-refractivity contribution >= 4 is 26.0 Å². The predicted octanol–water partition coefficient (Wildman–Crippen LogP) is 1.16. The fourth-order valence-corrected chi connectivity index (χ4v) is 2.89. The van der Waals surface area contributed by atoms with Crippen LogP contribution in [0.2, 0.25) is 0 Å². The number of ether oxygens (including phenoxy) is 1. The molecule has 0 radical (unpaired) electrons. The van der Waals surface area contributed by atoms with Gasteiger partial charge in [-0.1, -0.05) is 0 Å². The minimum absolute atomic E-state index is 0.129. The van der Waals surface area contributed by atoms with E-state index >= 15 is 0 Å². The number of hydrogen-bond donors (Lipinski definition) is 1. The van der Waals surface area contributed by atoms with Crippen LogP contribution in [0.5, 0.6) is 0 Å². The van der Waals surface area contributed by atoms with Gasteiger partial charge >= 0.3 is 0 Å². The maximum atomic E-state index is 11.8. The van der Waals surface area contributed by atoms with Crippen LogP contribution < -0.4 is 4.72 Å². The Morgan fingerprint density at radius 1 is 1.56 bits per heavy atom. The molecule has 0 amide bonds. The Kier molecular flexibility index (Phi) is 4.85. The number of pyridine rings is 1. The molecule has 1 atom stereocenters. The molecule has 16 heavy (non-hydrogen) atoms. The van der Waals surface area contributed by atoms with Gasteiger partial charge in [-0.15, -0.1) is 0 Å². The third-order valence-corrected chi connectivity index (χ3v) is 3.75. The molecule has 0 aromatic carbocycles. The van der Waals surface area contributed by atoms with Crippen molar-refractivity contribution in [1.82, 2.24) is 9.71 Å². The van der Waals surface area contributed by atoms with Gasteiger partial charge in [0.15, 0.2) is 0 Å². The molecular weight excluding hydrogens is 296 g/mol. The molecule has 0 aliphatic carbocycles. The maximum Gasteiger partial charge on any atom is 0.242 e. The Morgan fingerprint density at radius 2 is 2.25 bits per heavy atom. The van der Waals surface area contributed by atoms with E-state index in [0.717, 1.165) is 0 Å². The van der Waals surface area contributed by atoms with Crippen molar-refractivity contribution in [2.75, 3.05) is 13.7 Å². The lowest BCUT2D eigenvalue weighted by molar-refractivity contribution is 0.180. The van der Waals surface area contributed by atoms with Gasteiger partial charge in [-0.3, -0.25) is 4.98 Å². The molecule has 0 fully saturated rings. The highest BCUT2D eigenvalue weighted by Crippen LogP contribution is 2.14. The Bertz CT molecular complexity index is 450. The second-order valence-electron chi connectivity index (χ2n) is 3.32. The van der Waals surface area contributed by atoms with Gasteiger partial charge in [0.1, 0.15) is 4.90 Å². The number of nitrogens with one attached hydrogen (secondary N) is 1. The standard InChI is InChI=1S/C9H13BrN2O3S/c1-7(6-15-2)12-16(13,14)9-3-8(10)4-11-5-9/h3-5,7,12H,6H2,1-2H3. The Labute approximate surface area is 103 Å². The lowest BCUT2D eigenvalue weighted by atomic mass is 10.4. The highest BCUT2D eigenvalue weighted by atomic mass is 79.9. The van der Waals surface area contributed by atoms with Crippen molar-refractivity contribution in [3.05, 3.63) is 22.9 Å². The van der Waals surface area contributed by atoms with Crippen LogP contribution in [0.15, 0.2) is 27.8 Å². The molecular formula is C9H13BrN2O3S. The summed E-state index contributed by atoms with van der Waals surface area (Å²) in [7, 11) is -2.01. The molecule has 1 aromatic heterocycles. The van der Waals surface area contributed by atoms with E-state index in [2.05, 4.69) is 25.6 Å². The average Bonchev–Trinajstić information content (AvgIpc) is 2.17. The number of rotatable bonds is 5. The highest BCUT2D eigenvalue weighted by Gasteiger charge is 2.17. The molecule has 0 aliphatic rings. The van der Waals surface area contributed by atoms with E-state index < -0.39 is 10.0 Å². The van der Waals surface area contributed by atoms with Crippen LogP contribution in [0.3, 0.4) is 0 Å².